The van der Waals surface area contributed by atoms with E-state index in [1.807, 2.05) is 18.2 Å². The van der Waals surface area contributed by atoms with E-state index in [9.17, 15) is 19.6 Å². The highest BCUT2D eigenvalue weighted by Crippen LogP contribution is 2.55. The molecule has 2 aliphatic heterocycles. The first-order chi connectivity index (χ1) is 23.3. The average Bonchev–Trinajstić information content (AvgIpc) is 3.08. The molecule has 256 valence electrons. The summed E-state index contributed by atoms with van der Waals surface area (Å²) in [6.45, 7) is 12.2. The van der Waals surface area contributed by atoms with Crippen LogP contribution in [-0.4, -0.2) is 77.2 Å². The minimum Gasteiger partial charge on any atom is -0.489 e. The summed E-state index contributed by atoms with van der Waals surface area (Å²) in [5.74, 6) is 0.508. The van der Waals surface area contributed by atoms with Crippen LogP contribution in [-0.2, 0) is 16.1 Å². The van der Waals surface area contributed by atoms with Gasteiger partial charge in [0.15, 0.2) is 11.5 Å². The zero-order valence-electron chi connectivity index (χ0n) is 28.1. The molecule has 6 rings (SSSR count). The Kier molecular flexibility index (Phi) is 9.51. The second-order valence-electron chi connectivity index (χ2n) is 14.2. The molecule has 3 heterocycles. The minimum absolute atomic E-state index is 0.185. The van der Waals surface area contributed by atoms with Crippen molar-refractivity contribution in [3.63, 3.8) is 0 Å². The lowest BCUT2D eigenvalue weighted by Crippen LogP contribution is -2.74. The molecule has 3 amide bonds. The molecule has 3 fully saturated rings. The molecule has 1 aromatic heterocycles. The number of benzene rings is 2. The number of piperazine rings is 1. The highest BCUT2D eigenvalue weighted by atomic mass is 35.5. The lowest BCUT2D eigenvalue weighted by atomic mass is 9.49. The molecule has 0 bridgehead atoms. The van der Waals surface area contributed by atoms with Gasteiger partial charge < -0.3 is 20.3 Å². The van der Waals surface area contributed by atoms with E-state index in [4.69, 9.17) is 16.3 Å². The minimum atomic E-state index is -0.416. The van der Waals surface area contributed by atoms with Crippen molar-refractivity contribution in [1.82, 2.24) is 25.7 Å². The predicted octanol–water partition coefficient (Wildman–Crippen LogP) is 4.15. The van der Waals surface area contributed by atoms with Crippen LogP contribution in [0.5, 0.6) is 5.75 Å². The predicted molar refractivity (Wildman–Crippen MR) is 185 cm³/mol. The summed E-state index contributed by atoms with van der Waals surface area (Å²) < 4.78 is 6.33. The summed E-state index contributed by atoms with van der Waals surface area (Å²) in [6.07, 6.45) is 0.608. The van der Waals surface area contributed by atoms with E-state index in [0.717, 1.165) is 49.8 Å². The Hall–Kier alpha value is -4.73. The van der Waals surface area contributed by atoms with Gasteiger partial charge in [0, 0.05) is 67.8 Å². The number of carbonyl (C=O) groups is 3. The molecule has 2 saturated heterocycles. The first-order valence-electron chi connectivity index (χ1n) is 16.5. The molecular weight excluding hydrogens is 644 g/mol. The van der Waals surface area contributed by atoms with Crippen LogP contribution in [0.4, 0.5) is 11.5 Å². The van der Waals surface area contributed by atoms with Gasteiger partial charge in [-0.1, -0.05) is 51.4 Å². The Morgan fingerprint density at radius 2 is 1.80 bits per heavy atom. The number of hydrogen-bond donors (Lipinski definition) is 3. The topological polar surface area (TPSA) is 153 Å². The summed E-state index contributed by atoms with van der Waals surface area (Å²) in [6, 6.07) is 18.1. The summed E-state index contributed by atoms with van der Waals surface area (Å²) >= 11 is 6.22. The Labute approximate surface area is 291 Å². The Balaban J connectivity index is 0.995. The van der Waals surface area contributed by atoms with Crippen molar-refractivity contribution in [2.75, 3.05) is 36.4 Å². The van der Waals surface area contributed by atoms with Crippen molar-refractivity contribution in [1.29, 1.82) is 5.26 Å². The molecule has 0 radical (unpaired) electrons. The van der Waals surface area contributed by atoms with Gasteiger partial charge in [0.2, 0.25) is 11.8 Å². The quantitative estimate of drug-likeness (QED) is 0.280. The molecule has 1 saturated carbocycles. The number of ether oxygens (including phenoxy) is 1. The Bertz CT molecular complexity index is 1770. The molecular formula is C36H41ClN8O4. The molecule has 0 spiro atoms. The van der Waals surface area contributed by atoms with Crippen LogP contribution >= 0.6 is 11.6 Å². The number of rotatable bonds is 9. The van der Waals surface area contributed by atoms with E-state index in [2.05, 4.69) is 81.8 Å². The second kappa shape index (κ2) is 13.6. The fourth-order valence-corrected chi connectivity index (χ4v) is 7.81. The zero-order chi connectivity index (χ0) is 34.9. The van der Waals surface area contributed by atoms with E-state index < -0.39 is 16.9 Å². The Morgan fingerprint density at radius 3 is 2.45 bits per heavy atom. The highest BCUT2D eigenvalue weighted by molar-refractivity contribution is 6.31. The SMILES string of the molecule is CC1(C)C(NC(=O)c2ccc(N3CCN(Cc4cccc(NC5CCC(=O)NC5=O)c4)CC3)nn2)C(C)(C)C1Oc1ccc(C#N)c(Cl)c1. The zero-order valence-corrected chi connectivity index (χ0v) is 28.9. The van der Waals surface area contributed by atoms with Gasteiger partial charge in [0.1, 0.15) is 24.0 Å². The van der Waals surface area contributed by atoms with Gasteiger partial charge in [0.25, 0.3) is 5.91 Å². The number of nitrogens with zero attached hydrogens (tertiary/aromatic N) is 5. The van der Waals surface area contributed by atoms with Gasteiger partial charge in [-0.05, 0) is 48.4 Å². The third-order valence-corrected chi connectivity index (χ3v) is 10.2. The molecule has 49 heavy (non-hydrogen) atoms. The van der Waals surface area contributed by atoms with E-state index in [0.29, 0.717) is 29.2 Å². The fraction of sp³-hybridized carbons (Fsp3) is 0.444. The van der Waals surface area contributed by atoms with Crippen molar-refractivity contribution in [3.05, 3.63) is 76.4 Å². The highest BCUT2D eigenvalue weighted by Gasteiger charge is 2.64. The molecule has 2 aromatic carbocycles. The van der Waals surface area contributed by atoms with Crippen molar-refractivity contribution in [2.24, 2.45) is 10.8 Å². The van der Waals surface area contributed by atoms with Crippen LogP contribution in [0.3, 0.4) is 0 Å². The molecule has 1 aliphatic carbocycles. The van der Waals surface area contributed by atoms with E-state index in [1.165, 1.54) is 0 Å². The average molecular weight is 685 g/mol. The standard InChI is InChI=1S/C36H41ClN8O4/c1-35(2)33(36(3,4)34(35)49-25-9-8-23(20-38)26(37)19-25)41-32(48)28-10-12-29(43-42-28)45-16-14-44(15-17-45)21-22-6-5-7-24(18-22)39-27-11-13-30(46)40-31(27)47/h5-10,12,18-19,27,33-34,39H,11,13-17,21H2,1-4H3,(H,41,48)(H,40,46,47). The molecule has 3 N–H and O–H groups in total. The molecule has 1 unspecified atom stereocenters. The normalized spacial score (nSPS) is 23.1. The number of carbonyl (C=O) groups excluding carboxylic acids is 3. The number of aromatic nitrogens is 2. The third-order valence-electron chi connectivity index (χ3n) is 9.92. The monoisotopic (exact) mass is 684 g/mol. The maximum atomic E-state index is 13.3. The van der Waals surface area contributed by atoms with Crippen LogP contribution < -0.4 is 25.6 Å². The number of amides is 3. The molecule has 1 atom stereocenters. The molecule has 3 aliphatic rings. The number of halogens is 1. The number of imide groups is 1. The van der Waals surface area contributed by atoms with Crippen molar-refractivity contribution < 1.29 is 19.1 Å². The van der Waals surface area contributed by atoms with Gasteiger partial charge in [-0.15, -0.1) is 10.2 Å². The number of piperidine rings is 1. The smallest absolute Gasteiger partial charge is 0.272 e. The summed E-state index contributed by atoms with van der Waals surface area (Å²) in [5, 5.41) is 27.0. The maximum Gasteiger partial charge on any atom is 0.272 e. The van der Waals surface area contributed by atoms with E-state index in [1.54, 1.807) is 24.3 Å². The van der Waals surface area contributed by atoms with Crippen LogP contribution in [0.15, 0.2) is 54.6 Å². The lowest BCUT2D eigenvalue weighted by Gasteiger charge is -2.63. The Morgan fingerprint density at radius 1 is 1.04 bits per heavy atom. The third kappa shape index (κ3) is 7.19. The number of hydrogen-bond acceptors (Lipinski definition) is 10. The van der Waals surface area contributed by atoms with E-state index >= 15 is 0 Å². The van der Waals surface area contributed by atoms with Gasteiger partial charge in [0.05, 0.1) is 10.6 Å². The first-order valence-corrected chi connectivity index (χ1v) is 16.9. The van der Waals surface area contributed by atoms with Gasteiger partial charge in [-0.2, -0.15) is 5.26 Å². The maximum absolute atomic E-state index is 13.3. The number of anilines is 2. The van der Waals surface area contributed by atoms with Crippen molar-refractivity contribution in [2.45, 2.75) is 65.3 Å². The second-order valence-corrected chi connectivity index (χ2v) is 14.6. The summed E-state index contributed by atoms with van der Waals surface area (Å²) in [7, 11) is 0. The molecule has 12 nitrogen and oxygen atoms in total. The van der Waals surface area contributed by atoms with Crippen molar-refractivity contribution in [3.8, 4) is 11.8 Å². The molecule has 13 heteroatoms. The first kappa shape index (κ1) is 34.1. The summed E-state index contributed by atoms with van der Waals surface area (Å²) in [5.41, 5.74) is 1.85. The van der Waals surface area contributed by atoms with Gasteiger partial charge in [-0.25, -0.2) is 0 Å². The van der Waals surface area contributed by atoms with Crippen LogP contribution in [0.2, 0.25) is 5.02 Å². The van der Waals surface area contributed by atoms with Gasteiger partial charge >= 0.3 is 0 Å². The van der Waals surface area contributed by atoms with Crippen LogP contribution in [0.1, 0.15) is 62.2 Å². The lowest BCUT2D eigenvalue weighted by molar-refractivity contribution is -0.164. The van der Waals surface area contributed by atoms with Crippen LogP contribution in [0, 0.1) is 22.2 Å². The van der Waals surface area contributed by atoms with Gasteiger partial charge in [-0.3, -0.25) is 24.6 Å². The van der Waals surface area contributed by atoms with E-state index in [-0.39, 0.29) is 35.6 Å². The largest absolute Gasteiger partial charge is 0.489 e. The van der Waals surface area contributed by atoms with Crippen molar-refractivity contribution >= 4 is 40.8 Å². The van der Waals surface area contributed by atoms with Crippen LogP contribution in [0.25, 0.3) is 0 Å². The summed E-state index contributed by atoms with van der Waals surface area (Å²) in [4.78, 5) is 41.5. The number of nitriles is 1. The molecule has 3 aromatic rings. The fourth-order valence-electron chi connectivity index (χ4n) is 7.60. The number of nitrogens with one attached hydrogen (secondary N) is 3.